The zero-order valence-electron chi connectivity index (χ0n) is 12.8. The van der Waals surface area contributed by atoms with E-state index < -0.39 is 12.1 Å². The molecule has 0 N–H and O–H groups in total. The Morgan fingerprint density at radius 1 is 1.08 bits per heavy atom. The first-order valence-electron chi connectivity index (χ1n) is 7.20. The molecular formula is C16H10F3N5O. The molecular weight excluding hydrogens is 335 g/mol. The smallest absolute Gasteiger partial charge is 0.349 e. The zero-order valence-corrected chi connectivity index (χ0v) is 12.8. The van der Waals surface area contributed by atoms with Crippen LogP contribution in [0, 0.1) is 0 Å². The van der Waals surface area contributed by atoms with Crippen molar-refractivity contribution >= 4 is 10.9 Å². The lowest BCUT2D eigenvalue weighted by atomic mass is 10.1. The molecule has 6 nitrogen and oxygen atoms in total. The highest BCUT2D eigenvalue weighted by Crippen LogP contribution is 2.30. The largest absolute Gasteiger partial charge is 0.471 e. The van der Waals surface area contributed by atoms with Crippen LogP contribution in [0.5, 0.6) is 0 Å². The number of alkyl halides is 3. The van der Waals surface area contributed by atoms with E-state index in [0.717, 1.165) is 10.9 Å². The van der Waals surface area contributed by atoms with Crippen molar-refractivity contribution in [2.45, 2.75) is 6.18 Å². The number of nitrogens with zero attached hydrogens (tertiary/aromatic N) is 5. The lowest BCUT2D eigenvalue weighted by Gasteiger charge is -2.03. The molecule has 0 atom stereocenters. The van der Waals surface area contributed by atoms with Crippen molar-refractivity contribution in [3.05, 3.63) is 48.7 Å². The van der Waals surface area contributed by atoms with Crippen LogP contribution in [-0.4, -0.2) is 24.7 Å². The van der Waals surface area contributed by atoms with E-state index in [-0.39, 0.29) is 5.82 Å². The molecule has 0 aliphatic heterocycles. The Morgan fingerprint density at radius 2 is 1.88 bits per heavy atom. The summed E-state index contributed by atoms with van der Waals surface area (Å²) in [6, 6.07) is 6.88. The summed E-state index contributed by atoms with van der Waals surface area (Å²) >= 11 is 0. The first-order chi connectivity index (χ1) is 11.9. The molecule has 0 saturated carbocycles. The van der Waals surface area contributed by atoms with Crippen molar-refractivity contribution < 1.29 is 17.7 Å². The number of hydrogen-bond donors (Lipinski definition) is 0. The van der Waals surface area contributed by atoms with E-state index in [1.54, 1.807) is 12.3 Å². The first-order valence-corrected chi connectivity index (χ1v) is 7.20. The summed E-state index contributed by atoms with van der Waals surface area (Å²) in [6.45, 7) is 0. The molecule has 9 heteroatoms. The quantitative estimate of drug-likeness (QED) is 0.554. The number of pyridine rings is 2. The van der Waals surface area contributed by atoms with E-state index in [9.17, 15) is 13.2 Å². The number of hydrogen-bond acceptors (Lipinski definition) is 5. The van der Waals surface area contributed by atoms with Crippen molar-refractivity contribution in [2.24, 2.45) is 7.05 Å². The van der Waals surface area contributed by atoms with Gasteiger partial charge in [0.25, 0.3) is 0 Å². The van der Waals surface area contributed by atoms with Crippen LogP contribution >= 0.6 is 0 Å². The minimum atomic E-state index is -4.68. The maximum absolute atomic E-state index is 12.6. The van der Waals surface area contributed by atoms with Gasteiger partial charge in [-0.2, -0.15) is 18.2 Å². The van der Waals surface area contributed by atoms with Crippen LogP contribution in [0.15, 0.2) is 47.4 Å². The predicted octanol–water partition coefficient (Wildman–Crippen LogP) is 3.70. The fourth-order valence-electron chi connectivity index (χ4n) is 2.47. The van der Waals surface area contributed by atoms with Gasteiger partial charge in [-0.3, -0.25) is 9.97 Å². The molecule has 25 heavy (non-hydrogen) atoms. The summed E-state index contributed by atoms with van der Waals surface area (Å²) in [4.78, 5) is 12.0. The summed E-state index contributed by atoms with van der Waals surface area (Å²) < 4.78 is 44.0. The molecule has 0 unspecified atom stereocenters. The maximum atomic E-state index is 12.6. The highest BCUT2D eigenvalue weighted by Gasteiger charge is 2.38. The van der Waals surface area contributed by atoms with E-state index >= 15 is 0 Å². The second-order valence-electron chi connectivity index (χ2n) is 5.41. The zero-order chi connectivity index (χ0) is 17.6. The van der Waals surface area contributed by atoms with Gasteiger partial charge in [0.15, 0.2) is 0 Å². The number of aryl methyl sites for hydroxylation is 1. The van der Waals surface area contributed by atoms with Crippen LogP contribution in [0.4, 0.5) is 13.2 Å². The molecule has 0 amide bonds. The molecule has 0 saturated heterocycles. The number of halogens is 3. The van der Waals surface area contributed by atoms with E-state index in [0.29, 0.717) is 17.0 Å². The molecule has 4 aromatic rings. The van der Waals surface area contributed by atoms with Gasteiger partial charge >= 0.3 is 12.1 Å². The average Bonchev–Trinajstić information content (AvgIpc) is 3.22. The molecule has 0 radical (unpaired) electrons. The summed E-state index contributed by atoms with van der Waals surface area (Å²) in [5.41, 5.74) is 2.42. The predicted molar refractivity (Wildman–Crippen MR) is 82.2 cm³/mol. The van der Waals surface area contributed by atoms with Gasteiger partial charge in [-0.15, -0.1) is 0 Å². The summed E-state index contributed by atoms with van der Waals surface area (Å²) in [5.74, 6) is -1.54. The summed E-state index contributed by atoms with van der Waals surface area (Å²) in [5, 5.41) is 4.37. The monoisotopic (exact) mass is 345 g/mol. The number of aromatic nitrogens is 5. The molecule has 4 rings (SSSR count). The van der Waals surface area contributed by atoms with Crippen LogP contribution in [0.2, 0.25) is 0 Å². The summed E-state index contributed by atoms with van der Waals surface area (Å²) in [6.07, 6.45) is 0.416. The van der Waals surface area contributed by atoms with Crippen molar-refractivity contribution in [2.75, 3.05) is 0 Å². The van der Waals surface area contributed by atoms with Crippen LogP contribution in [-0.2, 0) is 13.2 Å². The standard InChI is InChI=1S/C16H10F3N5O/c1-24-5-3-9-6-12(21-8-13(9)24)11-7-10(2-4-20-11)14-22-15(25-23-14)16(17,18)19/h2-8H,1H3. The van der Waals surface area contributed by atoms with Gasteiger partial charge in [-0.1, -0.05) is 5.16 Å². The van der Waals surface area contributed by atoms with Gasteiger partial charge in [0.05, 0.1) is 23.1 Å². The molecule has 0 aromatic carbocycles. The Labute approximate surface area is 138 Å². The second kappa shape index (κ2) is 5.40. The highest BCUT2D eigenvalue weighted by molar-refractivity contribution is 5.83. The normalized spacial score (nSPS) is 12.0. The average molecular weight is 345 g/mol. The lowest BCUT2D eigenvalue weighted by molar-refractivity contribution is -0.159. The molecule has 0 bridgehead atoms. The third kappa shape index (κ3) is 2.73. The van der Waals surface area contributed by atoms with Gasteiger partial charge < -0.3 is 9.09 Å². The lowest BCUT2D eigenvalue weighted by Crippen LogP contribution is -2.04. The second-order valence-corrected chi connectivity index (χ2v) is 5.41. The Kier molecular flexibility index (Phi) is 3.31. The topological polar surface area (TPSA) is 69.6 Å². The third-order valence-electron chi connectivity index (χ3n) is 3.72. The van der Waals surface area contributed by atoms with E-state index in [1.807, 2.05) is 29.9 Å². The van der Waals surface area contributed by atoms with Crippen molar-refractivity contribution in [1.29, 1.82) is 0 Å². The van der Waals surface area contributed by atoms with Gasteiger partial charge in [0.2, 0.25) is 5.82 Å². The molecule has 126 valence electrons. The Bertz CT molecular complexity index is 1070. The van der Waals surface area contributed by atoms with E-state index in [1.165, 1.54) is 12.3 Å². The SMILES string of the molecule is Cn1ccc2cc(-c3cc(-c4noc(C(F)(F)F)n4)ccn3)ncc21. The van der Waals surface area contributed by atoms with Gasteiger partial charge in [-0.25, -0.2) is 0 Å². The molecule has 0 fully saturated rings. The Balaban J connectivity index is 1.74. The minimum absolute atomic E-state index is 0.156. The maximum Gasteiger partial charge on any atom is 0.471 e. The highest BCUT2D eigenvalue weighted by atomic mass is 19.4. The van der Waals surface area contributed by atoms with E-state index in [2.05, 4.69) is 24.6 Å². The van der Waals surface area contributed by atoms with Gasteiger partial charge in [0.1, 0.15) is 0 Å². The minimum Gasteiger partial charge on any atom is -0.349 e. The van der Waals surface area contributed by atoms with E-state index in [4.69, 9.17) is 0 Å². The molecule has 4 aromatic heterocycles. The number of fused-ring (bicyclic) bond motifs is 1. The number of rotatable bonds is 2. The molecule has 0 aliphatic rings. The third-order valence-corrected chi connectivity index (χ3v) is 3.72. The molecule has 0 aliphatic carbocycles. The summed E-state index contributed by atoms with van der Waals surface area (Å²) in [7, 11) is 1.91. The van der Waals surface area contributed by atoms with Crippen LogP contribution in [0.1, 0.15) is 5.89 Å². The van der Waals surface area contributed by atoms with Crippen molar-refractivity contribution in [3.8, 4) is 22.8 Å². The van der Waals surface area contributed by atoms with Crippen molar-refractivity contribution in [1.82, 2.24) is 24.7 Å². The Morgan fingerprint density at radius 3 is 2.64 bits per heavy atom. The van der Waals surface area contributed by atoms with Crippen molar-refractivity contribution in [3.63, 3.8) is 0 Å². The van der Waals surface area contributed by atoms with Crippen LogP contribution in [0.25, 0.3) is 33.7 Å². The fourth-order valence-corrected chi connectivity index (χ4v) is 2.47. The van der Waals surface area contributed by atoms with Crippen LogP contribution < -0.4 is 0 Å². The van der Waals surface area contributed by atoms with Gasteiger partial charge in [0, 0.05) is 30.4 Å². The Hall–Kier alpha value is -3.23. The molecule has 0 spiro atoms. The molecule has 4 heterocycles. The fraction of sp³-hybridized carbons (Fsp3) is 0.125. The first kappa shape index (κ1) is 15.3. The van der Waals surface area contributed by atoms with Crippen LogP contribution in [0.3, 0.4) is 0 Å². The van der Waals surface area contributed by atoms with Gasteiger partial charge in [-0.05, 0) is 24.3 Å².